The monoisotopic (exact) mass is 336 g/mol. The summed E-state index contributed by atoms with van der Waals surface area (Å²) in [5.41, 5.74) is 2.36. The topological polar surface area (TPSA) is 42.7 Å². The van der Waals surface area contributed by atoms with Crippen LogP contribution in [-0.4, -0.2) is 21.8 Å². The van der Waals surface area contributed by atoms with Gasteiger partial charge in [0.05, 0.1) is 22.4 Å². The van der Waals surface area contributed by atoms with Crippen molar-refractivity contribution in [2.24, 2.45) is 0 Å². The Bertz CT molecular complexity index is 524. The van der Waals surface area contributed by atoms with Crippen LogP contribution in [0.1, 0.15) is 37.2 Å². The number of aromatic nitrogens is 3. The Hall–Kier alpha value is -1.20. The highest BCUT2D eigenvalue weighted by Gasteiger charge is 2.18. The second kappa shape index (κ2) is 7.55. The number of hydrogen-bond acceptors (Lipinski definition) is 3. The van der Waals surface area contributed by atoms with Crippen molar-refractivity contribution < 1.29 is 0 Å². The van der Waals surface area contributed by atoms with Gasteiger partial charge < -0.3 is 5.32 Å². The van der Waals surface area contributed by atoms with Gasteiger partial charge >= 0.3 is 0 Å². The van der Waals surface area contributed by atoms with E-state index < -0.39 is 0 Å². The molecule has 1 unspecified atom stereocenters. The first-order valence-corrected chi connectivity index (χ1v) is 7.84. The van der Waals surface area contributed by atoms with Crippen molar-refractivity contribution in [3.63, 3.8) is 0 Å². The van der Waals surface area contributed by atoms with Gasteiger partial charge in [-0.1, -0.05) is 13.0 Å². The lowest BCUT2D eigenvalue weighted by molar-refractivity contribution is 0.473. The Morgan fingerprint density at radius 3 is 2.90 bits per heavy atom. The number of nitrogens with one attached hydrogen (secondary N) is 1. The Labute approximate surface area is 128 Å². The van der Waals surface area contributed by atoms with Crippen molar-refractivity contribution in [2.45, 2.75) is 38.8 Å². The lowest BCUT2D eigenvalue weighted by Gasteiger charge is -2.18. The van der Waals surface area contributed by atoms with Gasteiger partial charge in [-0.3, -0.25) is 9.67 Å². The second-order valence-corrected chi connectivity index (χ2v) is 5.66. The van der Waals surface area contributed by atoms with Crippen molar-refractivity contribution in [2.75, 3.05) is 7.05 Å². The number of nitrogens with zero attached hydrogens (tertiary/aromatic N) is 3. The first kappa shape index (κ1) is 15.2. The molecule has 108 valence electrons. The van der Waals surface area contributed by atoms with E-state index in [9.17, 15) is 0 Å². The maximum atomic E-state index is 4.44. The molecule has 0 bridgehead atoms. The van der Waals surface area contributed by atoms with E-state index in [1.165, 1.54) is 5.69 Å². The highest BCUT2D eigenvalue weighted by molar-refractivity contribution is 9.10. The molecule has 20 heavy (non-hydrogen) atoms. The Morgan fingerprint density at radius 1 is 1.40 bits per heavy atom. The Kier molecular flexibility index (Phi) is 5.73. The van der Waals surface area contributed by atoms with E-state index in [2.05, 4.69) is 49.0 Å². The molecule has 5 heteroatoms. The number of pyridine rings is 1. The minimum Gasteiger partial charge on any atom is -0.312 e. The zero-order valence-corrected chi connectivity index (χ0v) is 13.6. The summed E-state index contributed by atoms with van der Waals surface area (Å²) in [7, 11) is 2.00. The normalized spacial score (nSPS) is 12.6. The molecular weight excluding hydrogens is 316 g/mol. The van der Waals surface area contributed by atoms with E-state index in [0.717, 1.165) is 36.0 Å². The van der Waals surface area contributed by atoms with Crippen molar-refractivity contribution >= 4 is 15.9 Å². The molecule has 1 atom stereocenters. The molecule has 0 aromatic carbocycles. The standard InChI is InChI=1S/C15H21BrN4/c1-3-10-20-15(13(16)11-19-20)14(17-2)8-7-12-6-4-5-9-18-12/h4-6,9,11,14,17H,3,7-8,10H2,1-2H3. The number of halogens is 1. The van der Waals surface area contributed by atoms with E-state index in [4.69, 9.17) is 0 Å². The SMILES string of the molecule is CCCn1ncc(Br)c1C(CCc1ccccn1)NC. The number of aryl methyl sites for hydroxylation is 2. The summed E-state index contributed by atoms with van der Waals surface area (Å²) in [4.78, 5) is 4.39. The molecule has 0 saturated heterocycles. The smallest absolute Gasteiger partial charge is 0.0695 e. The summed E-state index contributed by atoms with van der Waals surface area (Å²) in [6, 6.07) is 6.34. The molecule has 0 aliphatic rings. The minimum absolute atomic E-state index is 0.278. The average Bonchev–Trinajstić information content (AvgIpc) is 2.83. The van der Waals surface area contributed by atoms with Gasteiger partial charge in [-0.15, -0.1) is 0 Å². The summed E-state index contributed by atoms with van der Waals surface area (Å²) < 4.78 is 3.16. The van der Waals surface area contributed by atoms with E-state index >= 15 is 0 Å². The molecule has 0 aliphatic heterocycles. The summed E-state index contributed by atoms with van der Waals surface area (Å²) >= 11 is 3.62. The fraction of sp³-hybridized carbons (Fsp3) is 0.467. The average molecular weight is 337 g/mol. The molecule has 2 aromatic rings. The molecule has 1 N–H and O–H groups in total. The molecule has 0 amide bonds. The predicted molar refractivity (Wildman–Crippen MR) is 84.6 cm³/mol. The van der Waals surface area contributed by atoms with E-state index in [1.54, 1.807) is 0 Å². The molecule has 4 nitrogen and oxygen atoms in total. The van der Waals surface area contributed by atoms with Crippen LogP contribution >= 0.6 is 15.9 Å². The lowest BCUT2D eigenvalue weighted by Crippen LogP contribution is -2.21. The van der Waals surface area contributed by atoms with Crippen LogP contribution in [-0.2, 0) is 13.0 Å². The van der Waals surface area contributed by atoms with Crippen LogP contribution in [0.3, 0.4) is 0 Å². The van der Waals surface area contributed by atoms with E-state index in [-0.39, 0.29) is 6.04 Å². The zero-order chi connectivity index (χ0) is 14.4. The maximum Gasteiger partial charge on any atom is 0.0695 e. The van der Waals surface area contributed by atoms with E-state index in [0.29, 0.717) is 0 Å². The highest BCUT2D eigenvalue weighted by atomic mass is 79.9. The van der Waals surface area contributed by atoms with Crippen LogP contribution in [0.2, 0.25) is 0 Å². The van der Waals surface area contributed by atoms with Crippen LogP contribution in [0, 0.1) is 0 Å². The number of rotatable bonds is 7. The summed E-state index contributed by atoms with van der Waals surface area (Å²) in [5, 5.41) is 7.84. The van der Waals surface area contributed by atoms with Gasteiger partial charge in [0, 0.05) is 18.4 Å². The van der Waals surface area contributed by atoms with Crippen LogP contribution in [0.25, 0.3) is 0 Å². The Morgan fingerprint density at radius 2 is 2.25 bits per heavy atom. The summed E-state index contributed by atoms with van der Waals surface area (Å²) in [6.45, 7) is 3.12. The molecule has 2 heterocycles. The van der Waals surface area contributed by atoms with Crippen LogP contribution < -0.4 is 5.32 Å². The van der Waals surface area contributed by atoms with Gasteiger partial charge in [0.15, 0.2) is 0 Å². The van der Waals surface area contributed by atoms with Gasteiger partial charge in [-0.05, 0) is 54.4 Å². The third-order valence-corrected chi connectivity index (χ3v) is 3.97. The summed E-state index contributed by atoms with van der Waals surface area (Å²) in [5.74, 6) is 0. The third-order valence-electron chi connectivity index (χ3n) is 3.36. The predicted octanol–water partition coefficient (Wildman–Crippen LogP) is 3.34. The highest BCUT2D eigenvalue weighted by Crippen LogP contribution is 2.26. The van der Waals surface area contributed by atoms with Gasteiger partial charge in [0.25, 0.3) is 0 Å². The summed E-state index contributed by atoms with van der Waals surface area (Å²) in [6.07, 6.45) is 6.77. The van der Waals surface area contributed by atoms with Crippen LogP contribution in [0.5, 0.6) is 0 Å². The first-order chi connectivity index (χ1) is 9.76. The molecule has 0 aliphatic carbocycles. The van der Waals surface area contributed by atoms with Crippen molar-refractivity contribution in [3.05, 3.63) is 46.5 Å². The molecular formula is C15H21BrN4. The zero-order valence-electron chi connectivity index (χ0n) is 12.0. The fourth-order valence-corrected chi connectivity index (χ4v) is 2.94. The van der Waals surface area contributed by atoms with Crippen LogP contribution in [0.15, 0.2) is 35.1 Å². The second-order valence-electron chi connectivity index (χ2n) is 4.80. The lowest BCUT2D eigenvalue weighted by atomic mass is 10.1. The van der Waals surface area contributed by atoms with Gasteiger partial charge in [0.1, 0.15) is 0 Å². The van der Waals surface area contributed by atoms with Gasteiger partial charge in [-0.25, -0.2) is 0 Å². The fourth-order valence-electron chi connectivity index (χ4n) is 2.36. The van der Waals surface area contributed by atoms with Gasteiger partial charge in [0.2, 0.25) is 0 Å². The molecule has 0 fully saturated rings. The molecule has 0 radical (unpaired) electrons. The van der Waals surface area contributed by atoms with Crippen molar-refractivity contribution in [1.29, 1.82) is 0 Å². The van der Waals surface area contributed by atoms with Crippen molar-refractivity contribution in [3.8, 4) is 0 Å². The minimum atomic E-state index is 0.278. The first-order valence-electron chi connectivity index (χ1n) is 7.04. The molecule has 0 saturated carbocycles. The van der Waals surface area contributed by atoms with Crippen molar-refractivity contribution in [1.82, 2.24) is 20.1 Å². The molecule has 0 spiro atoms. The largest absolute Gasteiger partial charge is 0.312 e. The van der Waals surface area contributed by atoms with E-state index in [1.807, 2.05) is 31.6 Å². The number of hydrogen-bond donors (Lipinski definition) is 1. The molecule has 2 aromatic heterocycles. The maximum absolute atomic E-state index is 4.44. The quantitative estimate of drug-likeness (QED) is 0.843. The van der Waals surface area contributed by atoms with Crippen LogP contribution in [0.4, 0.5) is 0 Å². The third kappa shape index (κ3) is 3.67. The van der Waals surface area contributed by atoms with Gasteiger partial charge in [-0.2, -0.15) is 5.10 Å². The Balaban J connectivity index is 2.10. The molecule has 2 rings (SSSR count).